The number of benzene rings is 1. The number of carbonyl (C=O) groups excluding carboxylic acids is 2. The van der Waals surface area contributed by atoms with Crippen LogP contribution in [0.1, 0.15) is 60.0 Å². The summed E-state index contributed by atoms with van der Waals surface area (Å²) in [5, 5.41) is 0. The third kappa shape index (κ3) is 3.63. The van der Waals surface area contributed by atoms with Crippen molar-refractivity contribution in [2.75, 3.05) is 6.61 Å². The molecule has 0 spiro atoms. The maximum atomic E-state index is 12.8. The predicted octanol–water partition coefficient (Wildman–Crippen LogP) is 4.91. The molecule has 1 aliphatic rings. The maximum absolute atomic E-state index is 12.8. The molecule has 0 saturated heterocycles. The third-order valence-corrected chi connectivity index (χ3v) is 5.82. The lowest BCUT2D eigenvalue weighted by Crippen LogP contribution is -2.28. The first-order valence-electron chi connectivity index (χ1n) is 10.5. The van der Waals surface area contributed by atoms with E-state index in [0.29, 0.717) is 23.4 Å². The molecule has 0 aliphatic carbocycles. The van der Waals surface area contributed by atoms with Crippen LogP contribution in [0, 0.1) is 5.92 Å². The monoisotopic (exact) mass is 419 g/mol. The molecule has 2 aromatic heterocycles. The molecule has 4 rings (SSSR count). The van der Waals surface area contributed by atoms with Crippen molar-refractivity contribution >= 4 is 11.8 Å². The van der Waals surface area contributed by atoms with E-state index < -0.39 is 5.97 Å². The highest BCUT2D eigenvalue weighted by Crippen LogP contribution is 2.40. The van der Waals surface area contributed by atoms with Crippen LogP contribution in [-0.2, 0) is 11.2 Å². The first-order chi connectivity index (χ1) is 14.8. The van der Waals surface area contributed by atoms with Gasteiger partial charge in [-0.05, 0) is 56.0 Å². The highest BCUT2D eigenvalue weighted by Gasteiger charge is 2.30. The summed E-state index contributed by atoms with van der Waals surface area (Å²) in [6.45, 7) is 7.65. The molecule has 0 radical (unpaired) electrons. The van der Waals surface area contributed by atoms with Gasteiger partial charge in [-0.25, -0.2) is 4.79 Å². The molecule has 1 aliphatic heterocycles. The number of pyridine rings is 1. The van der Waals surface area contributed by atoms with Crippen LogP contribution in [0.25, 0.3) is 22.6 Å². The Kier molecular flexibility index (Phi) is 5.39. The van der Waals surface area contributed by atoms with E-state index in [2.05, 4.69) is 13.8 Å². The van der Waals surface area contributed by atoms with Gasteiger partial charge in [0.05, 0.1) is 18.6 Å². The fourth-order valence-corrected chi connectivity index (χ4v) is 4.26. The standard InChI is InChI=1S/C25H25NO5/c1-5-30-25(29)20-13-26-21(14(2)3)10-16-9-19(24-7-6-8-31-24)17(15(4)27)11-18(16)22(26)12-23(20)28/h6-9,11-14,21H,5,10H2,1-4H3. The van der Waals surface area contributed by atoms with Gasteiger partial charge in [-0.2, -0.15) is 0 Å². The summed E-state index contributed by atoms with van der Waals surface area (Å²) < 4.78 is 12.6. The maximum Gasteiger partial charge on any atom is 0.343 e. The van der Waals surface area contributed by atoms with Gasteiger partial charge in [-0.1, -0.05) is 13.8 Å². The fraction of sp³-hybridized carbons (Fsp3) is 0.320. The SMILES string of the molecule is CCOC(=O)c1cn2c(cc1=O)-c1cc(C(C)=O)c(-c3ccco3)cc1CC2C(C)C. The first kappa shape index (κ1) is 20.8. The molecule has 1 unspecified atom stereocenters. The van der Waals surface area contributed by atoms with Crippen molar-refractivity contribution in [2.45, 2.75) is 40.2 Å². The summed E-state index contributed by atoms with van der Waals surface area (Å²) in [5.41, 5.74) is 3.48. The van der Waals surface area contributed by atoms with Crippen molar-refractivity contribution in [2.24, 2.45) is 5.92 Å². The van der Waals surface area contributed by atoms with Crippen LogP contribution < -0.4 is 5.43 Å². The second-order valence-corrected chi connectivity index (χ2v) is 8.17. The van der Waals surface area contributed by atoms with E-state index in [1.54, 1.807) is 25.5 Å². The number of ketones is 1. The lowest BCUT2D eigenvalue weighted by Gasteiger charge is -2.34. The average molecular weight is 419 g/mol. The predicted molar refractivity (Wildman–Crippen MR) is 117 cm³/mol. The lowest BCUT2D eigenvalue weighted by atomic mass is 9.84. The van der Waals surface area contributed by atoms with Crippen molar-refractivity contribution in [3.05, 3.63) is 69.7 Å². The highest BCUT2D eigenvalue weighted by atomic mass is 16.5. The summed E-state index contributed by atoms with van der Waals surface area (Å²) in [6, 6.07) is 8.98. The van der Waals surface area contributed by atoms with Crippen LogP contribution in [0.15, 0.2) is 52.0 Å². The van der Waals surface area contributed by atoms with E-state index in [-0.39, 0.29) is 35.3 Å². The Morgan fingerprint density at radius 1 is 1.19 bits per heavy atom. The number of nitrogens with zero attached hydrogens (tertiary/aromatic N) is 1. The van der Waals surface area contributed by atoms with E-state index in [4.69, 9.17) is 9.15 Å². The fourth-order valence-electron chi connectivity index (χ4n) is 4.26. The Labute approximate surface area is 180 Å². The van der Waals surface area contributed by atoms with E-state index in [1.807, 2.05) is 22.8 Å². The Hall–Kier alpha value is -3.41. The molecule has 3 aromatic rings. The summed E-state index contributed by atoms with van der Waals surface area (Å²) in [4.78, 5) is 37.5. The number of aromatic nitrogens is 1. The second kappa shape index (κ2) is 8.02. The molecular weight excluding hydrogens is 394 g/mol. The number of fused-ring (bicyclic) bond motifs is 3. The van der Waals surface area contributed by atoms with Gasteiger partial charge in [-0.15, -0.1) is 0 Å². The van der Waals surface area contributed by atoms with Crippen LogP contribution >= 0.6 is 0 Å². The van der Waals surface area contributed by atoms with Crippen molar-refractivity contribution in [3.63, 3.8) is 0 Å². The summed E-state index contributed by atoms with van der Waals surface area (Å²) in [6.07, 6.45) is 3.90. The lowest BCUT2D eigenvalue weighted by molar-refractivity contribution is 0.0523. The molecule has 31 heavy (non-hydrogen) atoms. The number of carbonyl (C=O) groups is 2. The Bertz CT molecular complexity index is 1220. The van der Waals surface area contributed by atoms with E-state index in [1.165, 1.54) is 13.0 Å². The van der Waals surface area contributed by atoms with Crippen LogP contribution in [0.2, 0.25) is 0 Å². The normalized spacial score (nSPS) is 14.8. The van der Waals surface area contributed by atoms with E-state index in [9.17, 15) is 14.4 Å². The number of esters is 1. The van der Waals surface area contributed by atoms with Gasteiger partial charge in [-0.3, -0.25) is 9.59 Å². The van der Waals surface area contributed by atoms with Crippen molar-refractivity contribution in [3.8, 4) is 22.6 Å². The highest BCUT2D eigenvalue weighted by molar-refractivity contribution is 6.02. The van der Waals surface area contributed by atoms with Crippen LogP contribution in [-0.4, -0.2) is 22.9 Å². The quantitative estimate of drug-likeness (QED) is 0.434. The first-order valence-corrected chi connectivity index (χ1v) is 10.5. The Morgan fingerprint density at radius 2 is 1.97 bits per heavy atom. The molecule has 0 N–H and O–H groups in total. The molecule has 6 nitrogen and oxygen atoms in total. The Balaban J connectivity index is 1.97. The largest absolute Gasteiger partial charge is 0.464 e. The van der Waals surface area contributed by atoms with Gasteiger partial charge < -0.3 is 13.7 Å². The number of hydrogen-bond donors (Lipinski definition) is 0. The zero-order chi connectivity index (χ0) is 22.3. The smallest absolute Gasteiger partial charge is 0.343 e. The van der Waals surface area contributed by atoms with Gasteiger partial charge >= 0.3 is 5.97 Å². The van der Waals surface area contributed by atoms with Crippen molar-refractivity contribution in [1.82, 2.24) is 4.57 Å². The molecule has 0 bridgehead atoms. The topological polar surface area (TPSA) is 78.5 Å². The van der Waals surface area contributed by atoms with Gasteiger partial charge in [0, 0.05) is 35.0 Å². The number of hydrogen-bond acceptors (Lipinski definition) is 5. The third-order valence-electron chi connectivity index (χ3n) is 5.82. The number of furan rings is 1. The minimum atomic E-state index is -0.617. The van der Waals surface area contributed by atoms with Crippen LogP contribution in [0.3, 0.4) is 0 Å². The Morgan fingerprint density at radius 3 is 2.58 bits per heavy atom. The van der Waals surface area contributed by atoms with E-state index >= 15 is 0 Å². The number of rotatable bonds is 5. The number of Topliss-reactive ketones (excluding diaryl/α,β-unsaturated/α-hetero) is 1. The van der Waals surface area contributed by atoms with E-state index in [0.717, 1.165) is 16.7 Å². The molecule has 1 aromatic carbocycles. The molecule has 160 valence electrons. The average Bonchev–Trinajstić information content (AvgIpc) is 3.26. The van der Waals surface area contributed by atoms with Gasteiger partial charge in [0.1, 0.15) is 11.3 Å². The van der Waals surface area contributed by atoms with Gasteiger partial charge in [0.15, 0.2) is 11.2 Å². The zero-order valence-electron chi connectivity index (χ0n) is 18.1. The summed E-state index contributed by atoms with van der Waals surface area (Å²) >= 11 is 0. The molecule has 3 heterocycles. The minimum Gasteiger partial charge on any atom is -0.464 e. The molecule has 0 fully saturated rings. The molecular formula is C25H25NO5. The van der Waals surface area contributed by atoms with Crippen molar-refractivity contribution < 1.29 is 18.7 Å². The zero-order valence-corrected chi connectivity index (χ0v) is 18.1. The number of ether oxygens (including phenoxy) is 1. The summed E-state index contributed by atoms with van der Waals surface area (Å²) in [5.74, 6) is 0.185. The molecule has 1 atom stereocenters. The molecule has 0 saturated carbocycles. The van der Waals surface area contributed by atoms with Gasteiger partial charge in [0.25, 0.3) is 0 Å². The van der Waals surface area contributed by atoms with Crippen LogP contribution in [0.4, 0.5) is 0 Å². The molecule has 6 heteroatoms. The van der Waals surface area contributed by atoms with Crippen LogP contribution in [0.5, 0.6) is 0 Å². The van der Waals surface area contributed by atoms with Gasteiger partial charge in [0.2, 0.25) is 0 Å². The second-order valence-electron chi connectivity index (χ2n) is 8.17. The van der Waals surface area contributed by atoms with Crippen molar-refractivity contribution in [1.29, 1.82) is 0 Å². The summed E-state index contributed by atoms with van der Waals surface area (Å²) in [7, 11) is 0. The minimum absolute atomic E-state index is 0.0266. The molecule has 0 amide bonds.